The predicted octanol–water partition coefficient (Wildman–Crippen LogP) is 2.45. The summed E-state index contributed by atoms with van der Waals surface area (Å²) in [5, 5.41) is 20.1. The second-order valence-electron chi connectivity index (χ2n) is 8.11. The van der Waals surface area contributed by atoms with Crippen molar-refractivity contribution in [1.82, 2.24) is 9.80 Å². The van der Waals surface area contributed by atoms with Crippen LogP contribution < -0.4 is 5.73 Å². The van der Waals surface area contributed by atoms with E-state index in [1.54, 1.807) is 6.08 Å². The third-order valence-electron chi connectivity index (χ3n) is 6.20. The van der Waals surface area contributed by atoms with Gasteiger partial charge in [-0.15, -0.1) is 0 Å². The van der Waals surface area contributed by atoms with Gasteiger partial charge in [0.2, 0.25) is 0 Å². The van der Waals surface area contributed by atoms with Gasteiger partial charge in [0.15, 0.2) is 0 Å². The van der Waals surface area contributed by atoms with E-state index >= 15 is 0 Å². The molecule has 0 spiro atoms. The van der Waals surface area contributed by atoms with Crippen LogP contribution in [0.2, 0.25) is 0 Å². The molecule has 2 aliphatic carbocycles. The number of rotatable bonds is 7. The van der Waals surface area contributed by atoms with E-state index in [1.165, 1.54) is 17.3 Å². The Balaban J connectivity index is 1.54. The minimum absolute atomic E-state index is 0.136. The zero-order valence-electron chi connectivity index (χ0n) is 16.9. The Hall–Kier alpha value is -1.47. The Labute approximate surface area is 167 Å². The fourth-order valence-electron chi connectivity index (χ4n) is 4.45. The number of piperazine rings is 1. The quantitative estimate of drug-likeness (QED) is 0.582. The molecule has 5 nitrogen and oxygen atoms in total. The molecular weight excluding hydrogens is 357 g/mol. The number of nitrogens with zero attached hydrogens (tertiary/aromatic N) is 2. The second kappa shape index (κ2) is 9.83. The molecule has 1 heterocycles. The third-order valence-corrected chi connectivity index (χ3v) is 6.20. The van der Waals surface area contributed by atoms with E-state index in [4.69, 9.17) is 5.73 Å². The summed E-state index contributed by atoms with van der Waals surface area (Å²) in [6.45, 7) is 6.98. The highest BCUT2D eigenvalue weighted by Crippen LogP contribution is 2.30. The van der Waals surface area contributed by atoms with Gasteiger partial charge < -0.3 is 20.8 Å². The first-order valence-electron chi connectivity index (χ1n) is 10.5. The molecule has 28 heavy (non-hydrogen) atoms. The van der Waals surface area contributed by atoms with Crippen molar-refractivity contribution >= 4 is 0 Å². The zero-order chi connectivity index (χ0) is 20.1. The molecule has 6 heteroatoms. The van der Waals surface area contributed by atoms with Crippen LogP contribution in [0.25, 0.3) is 0 Å². The average molecular weight is 392 g/mol. The van der Waals surface area contributed by atoms with E-state index in [0.717, 1.165) is 51.1 Å². The summed E-state index contributed by atoms with van der Waals surface area (Å²) in [7, 11) is 0. The standard InChI is InChI=1S/C22H34FN3O2/c1-16-4-2-3-5-20(16)26-14-12-25(13-15-26)11-10-19(21(27)22(24)28)17-6-8-18(23)9-7-17/h4-6,8,19,21-22,27-28H,2-3,7,9-15,24H2,1H3/t19?,21-,22?/m1/s1. The van der Waals surface area contributed by atoms with Gasteiger partial charge in [-0.25, -0.2) is 4.39 Å². The summed E-state index contributed by atoms with van der Waals surface area (Å²) in [4.78, 5) is 4.87. The lowest BCUT2D eigenvalue weighted by Crippen LogP contribution is -2.47. The fraction of sp³-hybridized carbons (Fsp3) is 0.636. The van der Waals surface area contributed by atoms with Gasteiger partial charge in [0, 0.05) is 44.2 Å². The highest BCUT2D eigenvalue weighted by Gasteiger charge is 2.29. The number of aliphatic hydroxyl groups is 2. The van der Waals surface area contributed by atoms with Gasteiger partial charge in [-0.2, -0.15) is 0 Å². The van der Waals surface area contributed by atoms with Crippen LogP contribution in [0.1, 0.15) is 39.0 Å². The summed E-state index contributed by atoms with van der Waals surface area (Å²) >= 11 is 0. The molecule has 156 valence electrons. The number of aliphatic hydroxyl groups excluding tert-OH is 2. The Morgan fingerprint density at radius 1 is 1.07 bits per heavy atom. The zero-order valence-corrected chi connectivity index (χ0v) is 16.9. The highest BCUT2D eigenvalue weighted by atomic mass is 19.1. The van der Waals surface area contributed by atoms with Crippen LogP contribution in [-0.4, -0.2) is 65.1 Å². The van der Waals surface area contributed by atoms with Crippen molar-refractivity contribution in [1.29, 1.82) is 0 Å². The molecule has 1 aliphatic heterocycles. The van der Waals surface area contributed by atoms with Crippen LogP contribution in [0.3, 0.4) is 0 Å². The molecule has 3 atom stereocenters. The molecule has 0 aromatic heterocycles. The van der Waals surface area contributed by atoms with Crippen LogP contribution in [0.4, 0.5) is 4.39 Å². The van der Waals surface area contributed by atoms with Gasteiger partial charge in [0.1, 0.15) is 12.1 Å². The first-order valence-corrected chi connectivity index (χ1v) is 10.5. The van der Waals surface area contributed by atoms with E-state index in [0.29, 0.717) is 19.3 Å². The maximum atomic E-state index is 13.3. The number of nitrogens with two attached hydrogens (primary N) is 1. The maximum Gasteiger partial charge on any atom is 0.129 e. The Bertz CT molecular complexity index is 661. The molecule has 0 aromatic rings. The lowest BCUT2D eigenvalue weighted by Gasteiger charge is -2.39. The van der Waals surface area contributed by atoms with E-state index in [-0.39, 0.29) is 11.7 Å². The lowest BCUT2D eigenvalue weighted by molar-refractivity contribution is -0.00997. The Morgan fingerprint density at radius 3 is 2.39 bits per heavy atom. The minimum Gasteiger partial charge on any atom is -0.388 e. The van der Waals surface area contributed by atoms with Crippen LogP contribution in [0.15, 0.2) is 47.0 Å². The van der Waals surface area contributed by atoms with Crippen LogP contribution in [-0.2, 0) is 0 Å². The first kappa shape index (κ1) is 21.2. The molecule has 3 aliphatic rings. The van der Waals surface area contributed by atoms with E-state index in [1.807, 2.05) is 0 Å². The van der Waals surface area contributed by atoms with Crippen molar-refractivity contribution in [3.8, 4) is 0 Å². The predicted molar refractivity (Wildman–Crippen MR) is 110 cm³/mol. The van der Waals surface area contributed by atoms with Crippen molar-refractivity contribution in [3.63, 3.8) is 0 Å². The largest absolute Gasteiger partial charge is 0.388 e. The Morgan fingerprint density at radius 2 is 1.79 bits per heavy atom. The molecule has 1 fully saturated rings. The van der Waals surface area contributed by atoms with Crippen molar-refractivity contribution in [2.24, 2.45) is 11.7 Å². The monoisotopic (exact) mass is 391 g/mol. The van der Waals surface area contributed by atoms with Crippen molar-refractivity contribution in [2.45, 2.75) is 51.4 Å². The van der Waals surface area contributed by atoms with Gasteiger partial charge in [0.25, 0.3) is 0 Å². The molecule has 2 unspecified atom stereocenters. The highest BCUT2D eigenvalue weighted by molar-refractivity contribution is 5.31. The number of hydrogen-bond donors (Lipinski definition) is 3. The van der Waals surface area contributed by atoms with Crippen molar-refractivity contribution < 1.29 is 14.6 Å². The van der Waals surface area contributed by atoms with Gasteiger partial charge in [-0.3, -0.25) is 4.90 Å². The topological polar surface area (TPSA) is 73.0 Å². The third kappa shape index (κ3) is 5.32. The summed E-state index contributed by atoms with van der Waals surface area (Å²) in [5.41, 5.74) is 9.29. The van der Waals surface area contributed by atoms with Crippen LogP contribution in [0, 0.1) is 5.92 Å². The number of halogens is 1. The summed E-state index contributed by atoms with van der Waals surface area (Å²) < 4.78 is 13.3. The molecular formula is C22H34FN3O2. The minimum atomic E-state index is -1.29. The van der Waals surface area contributed by atoms with E-state index in [9.17, 15) is 14.6 Å². The number of hydrogen-bond acceptors (Lipinski definition) is 5. The molecule has 4 N–H and O–H groups in total. The normalized spacial score (nSPS) is 24.7. The van der Waals surface area contributed by atoms with Gasteiger partial charge >= 0.3 is 0 Å². The second-order valence-corrected chi connectivity index (χ2v) is 8.11. The SMILES string of the molecule is CC1=CCCC=C1N1CCN(CCC(C2=CC=C(F)CC2)[C@@H](O)C(N)O)CC1. The Kier molecular flexibility index (Phi) is 7.46. The van der Waals surface area contributed by atoms with Gasteiger partial charge in [-0.1, -0.05) is 23.8 Å². The molecule has 0 saturated carbocycles. The fourth-order valence-corrected chi connectivity index (χ4v) is 4.45. The van der Waals surface area contributed by atoms with Crippen LogP contribution in [0.5, 0.6) is 0 Å². The van der Waals surface area contributed by atoms with Gasteiger partial charge in [0.05, 0.1) is 6.10 Å². The smallest absolute Gasteiger partial charge is 0.129 e. The lowest BCUT2D eigenvalue weighted by atomic mass is 9.84. The molecule has 0 bridgehead atoms. The molecule has 1 saturated heterocycles. The molecule has 3 rings (SSSR count). The van der Waals surface area contributed by atoms with E-state index < -0.39 is 12.3 Å². The molecule has 0 aromatic carbocycles. The number of allylic oxidation sites excluding steroid dienone is 6. The molecule has 0 amide bonds. The summed E-state index contributed by atoms with van der Waals surface area (Å²) in [6, 6.07) is 0. The van der Waals surface area contributed by atoms with Crippen molar-refractivity contribution in [2.75, 3.05) is 32.7 Å². The average Bonchev–Trinajstić information content (AvgIpc) is 2.70. The summed E-state index contributed by atoms with van der Waals surface area (Å²) in [5.74, 6) is -0.378. The summed E-state index contributed by atoms with van der Waals surface area (Å²) in [6.07, 6.45) is 9.47. The molecule has 0 radical (unpaired) electrons. The first-order chi connectivity index (χ1) is 13.5. The van der Waals surface area contributed by atoms with Crippen LogP contribution >= 0.6 is 0 Å². The van der Waals surface area contributed by atoms with Gasteiger partial charge in [-0.05, 0) is 50.8 Å². The van der Waals surface area contributed by atoms with Crippen molar-refractivity contribution in [3.05, 3.63) is 47.0 Å². The van der Waals surface area contributed by atoms with E-state index in [2.05, 4.69) is 28.9 Å². The maximum absolute atomic E-state index is 13.3.